The number of benzene rings is 2. The summed E-state index contributed by atoms with van der Waals surface area (Å²) in [5.74, 6) is -0.235. The van der Waals surface area contributed by atoms with Gasteiger partial charge in [0.1, 0.15) is 5.82 Å². The summed E-state index contributed by atoms with van der Waals surface area (Å²) in [6.07, 6.45) is -0.0389. The second-order valence-corrected chi connectivity index (χ2v) is 4.21. The van der Waals surface area contributed by atoms with Gasteiger partial charge in [-0.15, -0.1) is 0 Å². The monoisotopic (exact) mass is 230 g/mol. The van der Waals surface area contributed by atoms with Gasteiger partial charge in [-0.2, -0.15) is 0 Å². The fourth-order valence-electron chi connectivity index (χ4n) is 1.83. The van der Waals surface area contributed by atoms with E-state index in [1.165, 1.54) is 6.07 Å². The Labute approximate surface area is 101 Å². The maximum absolute atomic E-state index is 13.1. The molecule has 0 saturated carbocycles. The lowest BCUT2D eigenvalue weighted by atomic mass is 10.00. The Kier molecular flexibility index (Phi) is 3.55. The van der Waals surface area contributed by atoms with Crippen LogP contribution in [0.4, 0.5) is 4.39 Å². The number of halogens is 1. The number of aryl methyl sites for hydroxylation is 1. The summed E-state index contributed by atoms with van der Waals surface area (Å²) in [5, 5.41) is 10.1. The molecule has 0 aromatic heterocycles. The number of rotatable bonds is 3. The Morgan fingerprint density at radius 2 is 1.82 bits per heavy atom. The summed E-state index contributed by atoms with van der Waals surface area (Å²) in [7, 11) is 0. The third-order valence-electron chi connectivity index (χ3n) is 2.84. The molecule has 2 aromatic rings. The van der Waals surface area contributed by atoms with Crippen LogP contribution in [0.3, 0.4) is 0 Å². The van der Waals surface area contributed by atoms with Gasteiger partial charge < -0.3 is 5.11 Å². The zero-order valence-electron chi connectivity index (χ0n) is 9.73. The van der Waals surface area contributed by atoms with Crippen LogP contribution in [0.25, 0.3) is 0 Å². The highest BCUT2D eigenvalue weighted by molar-refractivity contribution is 5.27. The second-order valence-electron chi connectivity index (χ2n) is 4.21. The summed E-state index contributed by atoms with van der Waals surface area (Å²) in [4.78, 5) is 0. The van der Waals surface area contributed by atoms with Crippen LogP contribution in [0.5, 0.6) is 0 Å². The number of hydrogen-bond donors (Lipinski definition) is 1. The topological polar surface area (TPSA) is 20.2 Å². The van der Waals surface area contributed by atoms with Crippen molar-refractivity contribution in [2.45, 2.75) is 19.4 Å². The van der Waals surface area contributed by atoms with Gasteiger partial charge >= 0.3 is 0 Å². The van der Waals surface area contributed by atoms with E-state index in [4.69, 9.17) is 0 Å². The Morgan fingerprint density at radius 1 is 1.12 bits per heavy atom. The molecule has 1 N–H and O–H groups in total. The van der Waals surface area contributed by atoms with Gasteiger partial charge in [0.15, 0.2) is 0 Å². The molecule has 1 nitrogen and oxygen atoms in total. The van der Waals surface area contributed by atoms with Gasteiger partial charge in [0.05, 0.1) is 6.10 Å². The van der Waals surface area contributed by atoms with Crippen LogP contribution in [0.15, 0.2) is 48.5 Å². The van der Waals surface area contributed by atoms with Crippen molar-refractivity contribution in [2.75, 3.05) is 0 Å². The first-order valence-electron chi connectivity index (χ1n) is 5.65. The fraction of sp³-hybridized carbons (Fsp3) is 0.200. The number of aliphatic hydroxyl groups is 1. The predicted octanol–water partition coefficient (Wildman–Crippen LogP) is 3.41. The number of aliphatic hydroxyl groups excluding tert-OH is 1. The molecule has 0 heterocycles. The maximum Gasteiger partial charge on any atom is 0.126 e. The van der Waals surface area contributed by atoms with Gasteiger partial charge in [0.25, 0.3) is 0 Å². The van der Waals surface area contributed by atoms with Crippen LogP contribution in [0.2, 0.25) is 0 Å². The molecule has 2 rings (SSSR count). The predicted molar refractivity (Wildman–Crippen MR) is 66.2 cm³/mol. The zero-order chi connectivity index (χ0) is 12.3. The van der Waals surface area contributed by atoms with Gasteiger partial charge in [-0.05, 0) is 29.7 Å². The summed E-state index contributed by atoms with van der Waals surface area (Å²) >= 11 is 0. The van der Waals surface area contributed by atoms with Crippen LogP contribution in [0.1, 0.15) is 22.8 Å². The molecule has 2 aromatic carbocycles. The van der Waals surface area contributed by atoms with Crippen molar-refractivity contribution in [2.24, 2.45) is 0 Å². The average Bonchev–Trinajstić information content (AvgIpc) is 2.34. The molecule has 0 amide bonds. The number of hydrogen-bond acceptors (Lipinski definition) is 1. The first-order valence-corrected chi connectivity index (χ1v) is 5.65. The Balaban J connectivity index is 2.14. The Hall–Kier alpha value is -1.67. The van der Waals surface area contributed by atoms with Gasteiger partial charge in [-0.3, -0.25) is 0 Å². The second kappa shape index (κ2) is 5.11. The highest BCUT2D eigenvalue weighted by atomic mass is 19.1. The van der Waals surface area contributed by atoms with Crippen molar-refractivity contribution in [3.05, 3.63) is 71.0 Å². The molecule has 0 aliphatic heterocycles. The van der Waals surface area contributed by atoms with E-state index in [0.29, 0.717) is 12.0 Å². The molecule has 17 heavy (non-hydrogen) atoms. The average molecular weight is 230 g/mol. The lowest BCUT2D eigenvalue weighted by Crippen LogP contribution is -2.02. The highest BCUT2D eigenvalue weighted by Crippen LogP contribution is 2.20. The van der Waals surface area contributed by atoms with Crippen LogP contribution >= 0.6 is 0 Å². The summed E-state index contributed by atoms with van der Waals surface area (Å²) < 4.78 is 13.1. The zero-order valence-corrected chi connectivity index (χ0v) is 9.73. The molecule has 0 fully saturated rings. The van der Waals surface area contributed by atoms with Crippen molar-refractivity contribution in [1.82, 2.24) is 0 Å². The Bertz CT molecular complexity index is 494. The van der Waals surface area contributed by atoms with Gasteiger partial charge in [-0.25, -0.2) is 4.39 Å². The molecule has 0 saturated heterocycles. The normalized spacial score (nSPS) is 12.4. The Morgan fingerprint density at radius 3 is 2.47 bits per heavy atom. The minimum Gasteiger partial charge on any atom is -0.388 e. The molecule has 0 bridgehead atoms. The smallest absolute Gasteiger partial charge is 0.126 e. The van der Waals surface area contributed by atoms with E-state index in [9.17, 15) is 9.50 Å². The van der Waals surface area contributed by atoms with E-state index in [1.54, 1.807) is 19.1 Å². The van der Waals surface area contributed by atoms with Crippen LogP contribution in [-0.4, -0.2) is 5.11 Å². The minimum atomic E-state index is -0.586. The summed E-state index contributed by atoms with van der Waals surface area (Å²) in [6, 6.07) is 14.5. The van der Waals surface area contributed by atoms with Crippen molar-refractivity contribution >= 4 is 0 Å². The molecule has 0 radical (unpaired) electrons. The summed E-state index contributed by atoms with van der Waals surface area (Å²) in [6.45, 7) is 1.70. The lowest BCUT2D eigenvalue weighted by molar-refractivity contribution is 0.178. The first kappa shape index (κ1) is 11.8. The van der Waals surface area contributed by atoms with Crippen molar-refractivity contribution in [1.29, 1.82) is 0 Å². The molecular formula is C15H15FO. The molecule has 1 unspecified atom stereocenters. The molecule has 0 aliphatic rings. The molecule has 88 valence electrons. The highest BCUT2D eigenvalue weighted by Gasteiger charge is 2.09. The van der Waals surface area contributed by atoms with Crippen molar-refractivity contribution in [3.63, 3.8) is 0 Å². The van der Waals surface area contributed by atoms with Crippen molar-refractivity contribution in [3.8, 4) is 0 Å². The SMILES string of the molecule is Cc1cc(C(O)Cc2ccccc2)ccc1F. The molecule has 0 aliphatic carbocycles. The van der Waals surface area contributed by atoms with E-state index in [1.807, 2.05) is 30.3 Å². The van der Waals surface area contributed by atoms with Crippen LogP contribution < -0.4 is 0 Å². The largest absolute Gasteiger partial charge is 0.388 e. The van der Waals surface area contributed by atoms with E-state index in [2.05, 4.69) is 0 Å². The third kappa shape index (κ3) is 2.92. The van der Waals surface area contributed by atoms with E-state index in [-0.39, 0.29) is 5.82 Å². The molecule has 0 spiro atoms. The van der Waals surface area contributed by atoms with Gasteiger partial charge in [0.2, 0.25) is 0 Å². The fourth-order valence-corrected chi connectivity index (χ4v) is 1.83. The van der Waals surface area contributed by atoms with Crippen LogP contribution in [0, 0.1) is 12.7 Å². The van der Waals surface area contributed by atoms with E-state index < -0.39 is 6.10 Å². The van der Waals surface area contributed by atoms with Gasteiger partial charge in [-0.1, -0.05) is 42.5 Å². The molecular weight excluding hydrogens is 215 g/mol. The maximum atomic E-state index is 13.1. The lowest BCUT2D eigenvalue weighted by Gasteiger charge is -2.12. The quantitative estimate of drug-likeness (QED) is 0.856. The molecule has 2 heteroatoms. The standard InChI is InChI=1S/C15H15FO/c1-11-9-13(7-8-14(11)16)15(17)10-12-5-3-2-4-6-12/h2-9,15,17H,10H2,1H3. The summed E-state index contributed by atoms with van der Waals surface area (Å²) in [5.41, 5.74) is 2.39. The van der Waals surface area contributed by atoms with E-state index >= 15 is 0 Å². The molecule has 1 atom stereocenters. The van der Waals surface area contributed by atoms with Crippen LogP contribution in [-0.2, 0) is 6.42 Å². The van der Waals surface area contributed by atoms with Gasteiger partial charge in [0, 0.05) is 6.42 Å². The van der Waals surface area contributed by atoms with Crippen molar-refractivity contribution < 1.29 is 9.50 Å². The first-order chi connectivity index (χ1) is 8.16. The van der Waals surface area contributed by atoms with E-state index in [0.717, 1.165) is 11.1 Å². The third-order valence-corrected chi connectivity index (χ3v) is 2.84. The minimum absolute atomic E-state index is 0.235.